The minimum Gasteiger partial charge on any atom is -0.339 e. The smallest absolute Gasteiger partial charge is 0.143 e. The predicted molar refractivity (Wildman–Crippen MR) is 112 cm³/mol. The molecule has 0 saturated heterocycles. The maximum Gasteiger partial charge on any atom is 0.143 e. The van der Waals surface area contributed by atoms with E-state index in [0.717, 1.165) is 34.1 Å². The Bertz CT molecular complexity index is 1060. The summed E-state index contributed by atoms with van der Waals surface area (Å²) >= 11 is 1.75. The summed E-state index contributed by atoms with van der Waals surface area (Å²) in [6.45, 7) is 4.23. The first-order valence-corrected chi connectivity index (χ1v) is 9.85. The molecule has 0 bridgehead atoms. The molecular formula is C22H21N3S. The lowest BCUT2D eigenvalue weighted by Crippen LogP contribution is -2.00. The molecule has 4 heteroatoms. The number of nitrogens with one attached hydrogen (secondary N) is 1. The monoisotopic (exact) mass is 359 g/mol. The number of rotatable bonds is 4. The first-order valence-electron chi connectivity index (χ1n) is 8.62. The molecule has 0 amide bonds. The number of anilines is 2. The summed E-state index contributed by atoms with van der Waals surface area (Å²) in [5, 5.41) is 3.63. The van der Waals surface area contributed by atoms with Crippen molar-refractivity contribution < 1.29 is 0 Å². The Balaban J connectivity index is 1.91. The first-order chi connectivity index (χ1) is 12.7. The molecule has 1 N–H and O–H groups in total. The maximum atomic E-state index is 4.92. The summed E-state index contributed by atoms with van der Waals surface area (Å²) in [5.41, 5.74) is 6.49. The predicted octanol–water partition coefficient (Wildman–Crippen LogP) is 6.08. The van der Waals surface area contributed by atoms with Gasteiger partial charge < -0.3 is 5.32 Å². The van der Waals surface area contributed by atoms with E-state index in [-0.39, 0.29) is 0 Å². The van der Waals surface area contributed by atoms with Crippen LogP contribution in [0.4, 0.5) is 11.5 Å². The Kier molecular flexibility index (Phi) is 4.43. The van der Waals surface area contributed by atoms with Crippen LogP contribution in [0.5, 0.6) is 0 Å². The van der Waals surface area contributed by atoms with Gasteiger partial charge in [0.25, 0.3) is 0 Å². The highest BCUT2D eigenvalue weighted by atomic mass is 32.2. The molecule has 0 aliphatic rings. The lowest BCUT2D eigenvalue weighted by Gasteiger charge is -2.12. The van der Waals surface area contributed by atoms with Crippen LogP contribution in [0.15, 0.2) is 71.6 Å². The van der Waals surface area contributed by atoms with Crippen LogP contribution in [0.2, 0.25) is 0 Å². The van der Waals surface area contributed by atoms with Gasteiger partial charge in [0.1, 0.15) is 17.2 Å². The van der Waals surface area contributed by atoms with Crippen molar-refractivity contribution in [1.29, 1.82) is 0 Å². The SMILES string of the molecule is CSc1ccc(-c2nc3cccc(C)n3c2Nc2ccccc2C)cc1. The number of imidazole rings is 1. The number of aryl methyl sites for hydroxylation is 2. The molecule has 4 aromatic rings. The molecular weight excluding hydrogens is 338 g/mol. The zero-order valence-electron chi connectivity index (χ0n) is 15.2. The van der Waals surface area contributed by atoms with E-state index < -0.39 is 0 Å². The molecule has 2 aromatic heterocycles. The summed E-state index contributed by atoms with van der Waals surface area (Å²) in [5.74, 6) is 1.00. The van der Waals surface area contributed by atoms with Crippen LogP contribution in [0, 0.1) is 13.8 Å². The summed E-state index contributed by atoms with van der Waals surface area (Å²) in [7, 11) is 0. The molecule has 0 saturated carbocycles. The van der Waals surface area contributed by atoms with E-state index in [1.165, 1.54) is 10.5 Å². The second-order valence-electron chi connectivity index (χ2n) is 6.34. The Hall–Kier alpha value is -2.72. The topological polar surface area (TPSA) is 29.3 Å². The Morgan fingerprint density at radius 3 is 2.38 bits per heavy atom. The van der Waals surface area contributed by atoms with Crippen molar-refractivity contribution in [1.82, 2.24) is 9.38 Å². The van der Waals surface area contributed by atoms with Crippen LogP contribution in [-0.2, 0) is 0 Å². The van der Waals surface area contributed by atoms with E-state index in [9.17, 15) is 0 Å². The van der Waals surface area contributed by atoms with Crippen molar-refractivity contribution in [2.75, 3.05) is 11.6 Å². The van der Waals surface area contributed by atoms with Crippen LogP contribution in [0.25, 0.3) is 16.9 Å². The van der Waals surface area contributed by atoms with Gasteiger partial charge in [-0.2, -0.15) is 0 Å². The van der Waals surface area contributed by atoms with E-state index >= 15 is 0 Å². The van der Waals surface area contributed by atoms with Gasteiger partial charge in [-0.25, -0.2) is 4.98 Å². The molecule has 0 unspecified atom stereocenters. The molecule has 4 rings (SSSR count). The van der Waals surface area contributed by atoms with Crippen LogP contribution in [-0.4, -0.2) is 15.6 Å². The van der Waals surface area contributed by atoms with Gasteiger partial charge in [0.05, 0.1) is 0 Å². The van der Waals surface area contributed by atoms with Gasteiger partial charge in [-0.3, -0.25) is 4.40 Å². The minimum atomic E-state index is 0.949. The van der Waals surface area contributed by atoms with Crippen molar-refractivity contribution in [3.05, 3.63) is 78.0 Å². The van der Waals surface area contributed by atoms with E-state index in [1.54, 1.807) is 11.8 Å². The van der Waals surface area contributed by atoms with E-state index in [4.69, 9.17) is 4.98 Å². The van der Waals surface area contributed by atoms with Crippen LogP contribution >= 0.6 is 11.8 Å². The fraction of sp³-hybridized carbons (Fsp3) is 0.136. The van der Waals surface area contributed by atoms with Gasteiger partial charge in [0.15, 0.2) is 0 Å². The molecule has 0 aliphatic heterocycles. The zero-order chi connectivity index (χ0) is 18.1. The summed E-state index contributed by atoms with van der Waals surface area (Å²) < 4.78 is 2.18. The molecule has 3 nitrogen and oxygen atoms in total. The highest BCUT2D eigenvalue weighted by Crippen LogP contribution is 2.33. The molecule has 0 atom stereocenters. The molecule has 0 fully saturated rings. The van der Waals surface area contributed by atoms with Gasteiger partial charge >= 0.3 is 0 Å². The van der Waals surface area contributed by atoms with Crippen LogP contribution in [0.3, 0.4) is 0 Å². The number of para-hydroxylation sites is 1. The first kappa shape index (κ1) is 16.7. The maximum absolute atomic E-state index is 4.92. The van der Waals surface area contributed by atoms with E-state index in [2.05, 4.69) is 96.6 Å². The van der Waals surface area contributed by atoms with Crippen molar-refractivity contribution in [2.45, 2.75) is 18.7 Å². The van der Waals surface area contributed by atoms with Crippen molar-refractivity contribution in [3.8, 4) is 11.3 Å². The standard InChI is InChI=1S/C22H21N3S/c1-15-7-4-5-9-19(15)23-22-21(17-11-13-18(26-3)14-12-17)24-20-10-6-8-16(2)25(20)22/h4-14,23H,1-3H3. The third kappa shape index (κ3) is 2.97. The summed E-state index contributed by atoms with van der Waals surface area (Å²) in [4.78, 5) is 6.17. The number of thioether (sulfide) groups is 1. The van der Waals surface area contributed by atoms with E-state index in [1.807, 2.05) is 0 Å². The molecule has 26 heavy (non-hydrogen) atoms. The van der Waals surface area contributed by atoms with Gasteiger partial charge in [-0.15, -0.1) is 11.8 Å². The second-order valence-corrected chi connectivity index (χ2v) is 7.22. The number of nitrogens with zero attached hydrogens (tertiary/aromatic N) is 2. The average molecular weight is 359 g/mol. The average Bonchev–Trinajstić information content (AvgIpc) is 3.03. The lowest BCUT2D eigenvalue weighted by molar-refractivity contribution is 1.09. The van der Waals surface area contributed by atoms with Gasteiger partial charge in [0, 0.05) is 21.8 Å². The fourth-order valence-electron chi connectivity index (χ4n) is 3.16. The summed E-state index contributed by atoms with van der Waals surface area (Å²) in [6.07, 6.45) is 2.09. The largest absolute Gasteiger partial charge is 0.339 e. The third-order valence-corrected chi connectivity index (χ3v) is 5.34. The van der Waals surface area contributed by atoms with Gasteiger partial charge in [-0.1, -0.05) is 36.4 Å². The van der Waals surface area contributed by atoms with Gasteiger partial charge in [-0.05, 0) is 56.0 Å². The Morgan fingerprint density at radius 2 is 1.65 bits per heavy atom. The fourth-order valence-corrected chi connectivity index (χ4v) is 3.57. The second kappa shape index (κ2) is 6.89. The van der Waals surface area contributed by atoms with Gasteiger partial charge in [0.2, 0.25) is 0 Å². The molecule has 2 aromatic carbocycles. The number of aromatic nitrogens is 2. The molecule has 0 radical (unpaired) electrons. The quantitative estimate of drug-likeness (QED) is 0.448. The van der Waals surface area contributed by atoms with Crippen LogP contribution in [0.1, 0.15) is 11.3 Å². The minimum absolute atomic E-state index is 0.949. The molecule has 2 heterocycles. The van der Waals surface area contributed by atoms with Crippen molar-refractivity contribution in [3.63, 3.8) is 0 Å². The highest BCUT2D eigenvalue weighted by Gasteiger charge is 2.16. The van der Waals surface area contributed by atoms with Crippen LogP contribution < -0.4 is 5.32 Å². The van der Waals surface area contributed by atoms with Crippen molar-refractivity contribution in [2.24, 2.45) is 0 Å². The molecule has 0 aliphatic carbocycles. The number of benzene rings is 2. The summed E-state index contributed by atoms with van der Waals surface area (Å²) in [6, 6.07) is 23.1. The zero-order valence-corrected chi connectivity index (χ0v) is 16.0. The van der Waals surface area contributed by atoms with E-state index in [0.29, 0.717) is 0 Å². The lowest BCUT2D eigenvalue weighted by atomic mass is 10.1. The Labute approximate surface area is 158 Å². The highest BCUT2D eigenvalue weighted by molar-refractivity contribution is 7.98. The van der Waals surface area contributed by atoms with Crippen molar-refractivity contribution >= 4 is 28.9 Å². The molecule has 0 spiro atoms. The molecule has 130 valence electrons. The normalized spacial score (nSPS) is 11.0. The number of hydrogen-bond donors (Lipinski definition) is 1. The number of pyridine rings is 1. The number of hydrogen-bond acceptors (Lipinski definition) is 3. The Morgan fingerprint density at radius 1 is 0.885 bits per heavy atom. The third-order valence-electron chi connectivity index (χ3n) is 4.60. The number of fused-ring (bicyclic) bond motifs is 1.